The van der Waals surface area contributed by atoms with Gasteiger partial charge in [-0.15, -0.1) is 0 Å². The molecule has 0 aliphatic rings. The number of hydrogen-bond donors (Lipinski definition) is 2. The van der Waals surface area contributed by atoms with Gasteiger partial charge in [0.2, 0.25) is 5.75 Å². The molecule has 1 aromatic rings. The van der Waals surface area contributed by atoms with Gasteiger partial charge >= 0.3 is 6.16 Å². The first-order valence-corrected chi connectivity index (χ1v) is 10.5. The lowest BCUT2D eigenvalue weighted by molar-refractivity contribution is 0.142. The molecule has 0 heterocycles. The summed E-state index contributed by atoms with van der Waals surface area (Å²) in [4.78, 5) is 10.8. The number of carbonyl (C=O) groups is 1. The maximum Gasteiger partial charge on any atom is 0.511 e. The molecule has 0 bridgehead atoms. The molecule has 0 aliphatic heterocycles. The van der Waals surface area contributed by atoms with E-state index in [1.54, 1.807) is 6.07 Å². The molecule has 0 aromatic heterocycles. The number of phenols is 1. The van der Waals surface area contributed by atoms with Crippen LogP contribution in [0, 0.1) is 0 Å². The molecule has 0 saturated carbocycles. The van der Waals surface area contributed by atoms with Gasteiger partial charge in [-0.05, 0) is 30.9 Å². The number of hydrogen-bond acceptors (Lipinski definition) is 4. The molecular weight excluding hydrogens is 344 g/mol. The van der Waals surface area contributed by atoms with E-state index in [-0.39, 0.29) is 11.5 Å². The predicted octanol–water partition coefficient (Wildman–Crippen LogP) is 6.70. The fraction of sp³-hybridized carbons (Fsp3) is 0.682. The Morgan fingerprint density at radius 1 is 0.889 bits per heavy atom. The maximum atomic E-state index is 10.8. The van der Waals surface area contributed by atoms with Gasteiger partial charge in [-0.3, -0.25) is 0 Å². The van der Waals surface area contributed by atoms with Gasteiger partial charge in [0.05, 0.1) is 6.61 Å². The molecule has 0 spiro atoms. The molecule has 27 heavy (non-hydrogen) atoms. The zero-order valence-electron chi connectivity index (χ0n) is 17.0. The van der Waals surface area contributed by atoms with Crippen LogP contribution in [0.3, 0.4) is 0 Å². The van der Waals surface area contributed by atoms with Crippen LogP contribution in [0.4, 0.5) is 4.79 Å². The van der Waals surface area contributed by atoms with Gasteiger partial charge in [-0.1, -0.05) is 77.7 Å². The molecule has 0 saturated heterocycles. The molecule has 5 nitrogen and oxygen atoms in total. The smallest absolute Gasteiger partial charge is 0.502 e. The van der Waals surface area contributed by atoms with Crippen molar-refractivity contribution in [3.63, 3.8) is 0 Å². The van der Waals surface area contributed by atoms with Crippen LogP contribution in [0.5, 0.6) is 17.2 Å². The molecule has 5 heteroatoms. The second kappa shape index (κ2) is 14.2. The van der Waals surface area contributed by atoms with Crippen molar-refractivity contribution in [3.05, 3.63) is 17.7 Å². The Morgan fingerprint density at radius 3 is 2.11 bits per heavy atom. The van der Waals surface area contributed by atoms with Crippen LogP contribution in [0.2, 0.25) is 0 Å². The number of aromatic hydroxyl groups is 1. The van der Waals surface area contributed by atoms with E-state index in [2.05, 4.69) is 18.6 Å². The summed E-state index contributed by atoms with van der Waals surface area (Å²) >= 11 is 0. The highest BCUT2D eigenvalue weighted by Crippen LogP contribution is 2.40. The zero-order valence-corrected chi connectivity index (χ0v) is 17.0. The molecule has 1 rings (SSSR count). The average Bonchev–Trinajstić information content (AvgIpc) is 2.64. The van der Waals surface area contributed by atoms with Crippen LogP contribution >= 0.6 is 0 Å². The summed E-state index contributed by atoms with van der Waals surface area (Å²) < 4.78 is 10.4. The second-order valence-corrected chi connectivity index (χ2v) is 7.05. The van der Waals surface area contributed by atoms with Crippen LogP contribution in [0.1, 0.15) is 90.0 Å². The Kier molecular flexibility index (Phi) is 12.2. The number of phenolic OH excluding ortho intramolecular Hbond substituents is 1. The molecular formula is C22H36O5. The van der Waals surface area contributed by atoms with Gasteiger partial charge in [0.1, 0.15) is 0 Å². The largest absolute Gasteiger partial charge is 0.511 e. The fourth-order valence-electron chi connectivity index (χ4n) is 3.10. The van der Waals surface area contributed by atoms with E-state index in [0.717, 1.165) is 44.1 Å². The van der Waals surface area contributed by atoms with Crippen LogP contribution < -0.4 is 9.47 Å². The van der Waals surface area contributed by atoms with Crippen molar-refractivity contribution in [1.29, 1.82) is 0 Å². The Bertz CT molecular complexity index is 542. The first-order valence-electron chi connectivity index (χ1n) is 10.5. The molecule has 0 radical (unpaired) electrons. The third kappa shape index (κ3) is 9.55. The van der Waals surface area contributed by atoms with Crippen molar-refractivity contribution in [2.45, 2.75) is 90.9 Å². The quantitative estimate of drug-likeness (QED) is 0.201. The van der Waals surface area contributed by atoms with Gasteiger partial charge in [-0.2, -0.15) is 0 Å². The van der Waals surface area contributed by atoms with Gasteiger partial charge in [-0.25, -0.2) is 4.79 Å². The Labute approximate surface area is 163 Å². The van der Waals surface area contributed by atoms with Crippen molar-refractivity contribution < 1.29 is 24.5 Å². The SMILES string of the molecule is CCCCCCCCCCc1ccc(OC(=O)O)c(O)c1OCCCCC. The van der Waals surface area contributed by atoms with Crippen molar-refractivity contribution in [3.8, 4) is 17.2 Å². The highest BCUT2D eigenvalue weighted by Gasteiger charge is 2.17. The fourth-order valence-corrected chi connectivity index (χ4v) is 3.10. The lowest BCUT2D eigenvalue weighted by atomic mass is 10.0. The van der Waals surface area contributed by atoms with E-state index in [4.69, 9.17) is 9.84 Å². The molecule has 1 aromatic carbocycles. The van der Waals surface area contributed by atoms with Crippen LogP contribution in [0.15, 0.2) is 12.1 Å². The Hall–Kier alpha value is -1.91. The number of aryl methyl sites for hydroxylation is 1. The number of carboxylic acid groups (broad SMARTS) is 1. The molecule has 0 atom stereocenters. The summed E-state index contributed by atoms with van der Waals surface area (Å²) in [7, 11) is 0. The lowest BCUT2D eigenvalue weighted by Crippen LogP contribution is -2.06. The number of unbranched alkanes of at least 4 members (excludes halogenated alkanes) is 9. The summed E-state index contributed by atoms with van der Waals surface area (Å²) in [5, 5.41) is 19.2. The van der Waals surface area contributed by atoms with E-state index < -0.39 is 6.16 Å². The molecule has 0 unspecified atom stereocenters. The summed E-state index contributed by atoms with van der Waals surface area (Å²) in [6, 6.07) is 3.30. The predicted molar refractivity (Wildman–Crippen MR) is 108 cm³/mol. The highest BCUT2D eigenvalue weighted by molar-refractivity contribution is 5.65. The summed E-state index contributed by atoms with van der Waals surface area (Å²) in [5.41, 5.74) is 0.910. The summed E-state index contributed by atoms with van der Waals surface area (Å²) in [6.45, 7) is 4.85. The minimum Gasteiger partial charge on any atom is -0.502 e. The molecule has 0 fully saturated rings. The normalized spacial score (nSPS) is 10.7. The Morgan fingerprint density at radius 2 is 1.48 bits per heavy atom. The van der Waals surface area contributed by atoms with Crippen molar-refractivity contribution in [2.24, 2.45) is 0 Å². The first-order chi connectivity index (χ1) is 13.1. The first kappa shape index (κ1) is 23.1. The molecule has 154 valence electrons. The van der Waals surface area contributed by atoms with Crippen molar-refractivity contribution in [1.82, 2.24) is 0 Å². The second-order valence-electron chi connectivity index (χ2n) is 7.05. The number of benzene rings is 1. The van der Waals surface area contributed by atoms with Crippen molar-refractivity contribution >= 4 is 6.16 Å². The minimum atomic E-state index is -1.45. The van der Waals surface area contributed by atoms with Crippen LogP contribution in [-0.4, -0.2) is 23.0 Å². The maximum absolute atomic E-state index is 10.8. The van der Waals surface area contributed by atoms with E-state index in [1.807, 2.05) is 0 Å². The van der Waals surface area contributed by atoms with E-state index in [1.165, 1.54) is 44.6 Å². The topological polar surface area (TPSA) is 76.0 Å². The standard InChI is InChI=1S/C22H36O5/c1-3-5-7-8-9-10-11-12-14-18-15-16-19(27-22(24)25)20(23)21(18)26-17-13-6-4-2/h15-16,23H,3-14,17H2,1-2H3,(H,24,25). The van der Waals surface area contributed by atoms with Crippen LogP contribution in [-0.2, 0) is 6.42 Å². The molecule has 0 aliphatic carbocycles. The third-order valence-electron chi connectivity index (χ3n) is 4.67. The summed E-state index contributed by atoms with van der Waals surface area (Å²) in [6.07, 6.45) is 12.3. The molecule has 0 amide bonds. The van der Waals surface area contributed by atoms with E-state index in [0.29, 0.717) is 12.4 Å². The summed E-state index contributed by atoms with van der Waals surface area (Å²) in [5.74, 6) is 0.0754. The Balaban J connectivity index is 2.59. The zero-order chi connectivity index (χ0) is 19.9. The van der Waals surface area contributed by atoms with E-state index in [9.17, 15) is 9.90 Å². The van der Waals surface area contributed by atoms with Crippen LogP contribution in [0.25, 0.3) is 0 Å². The monoisotopic (exact) mass is 380 g/mol. The van der Waals surface area contributed by atoms with E-state index >= 15 is 0 Å². The number of rotatable bonds is 15. The van der Waals surface area contributed by atoms with Gasteiger partial charge < -0.3 is 19.7 Å². The lowest BCUT2D eigenvalue weighted by Gasteiger charge is -2.15. The van der Waals surface area contributed by atoms with Gasteiger partial charge in [0, 0.05) is 0 Å². The average molecular weight is 381 g/mol. The van der Waals surface area contributed by atoms with Gasteiger partial charge in [0.25, 0.3) is 0 Å². The molecule has 2 N–H and O–H groups in total. The minimum absolute atomic E-state index is 0.0762. The van der Waals surface area contributed by atoms with Gasteiger partial charge in [0.15, 0.2) is 11.5 Å². The van der Waals surface area contributed by atoms with Crippen molar-refractivity contribution in [2.75, 3.05) is 6.61 Å². The number of ether oxygens (including phenoxy) is 2. The highest BCUT2D eigenvalue weighted by atomic mass is 16.7. The third-order valence-corrected chi connectivity index (χ3v) is 4.67.